The van der Waals surface area contributed by atoms with Gasteiger partial charge in [0.25, 0.3) is 0 Å². The Kier molecular flexibility index (Phi) is 8.58. The standard InChI is InChI=1S/C16H30N2O2/c1-5-7-17-11-16-15(6-9-20-16)13-18(8-10-19-4)12-14(2)3/h6,9,14,17H,5,7-8,10-13H2,1-4H3. The molecule has 0 amide bonds. The molecule has 1 rings (SSSR count). The zero-order valence-corrected chi connectivity index (χ0v) is 13.4. The Hall–Kier alpha value is -0.840. The molecule has 0 aliphatic carbocycles. The lowest BCUT2D eigenvalue weighted by Crippen LogP contribution is -2.31. The molecule has 0 radical (unpaired) electrons. The second-order valence-electron chi connectivity index (χ2n) is 5.67. The van der Waals surface area contributed by atoms with E-state index in [1.54, 1.807) is 13.4 Å². The van der Waals surface area contributed by atoms with Gasteiger partial charge in [0.1, 0.15) is 5.76 Å². The number of hydrogen-bond donors (Lipinski definition) is 1. The molecule has 1 aromatic heterocycles. The van der Waals surface area contributed by atoms with Crippen LogP contribution in [0.2, 0.25) is 0 Å². The third-order valence-corrected chi connectivity index (χ3v) is 3.18. The molecule has 0 saturated heterocycles. The molecule has 4 heteroatoms. The second kappa shape index (κ2) is 9.97. The highest BCUT2D eigenvalue weighted by atomic mass is 16.5. The van der Waals surface area contributed by atoms with Crippen LogP contribution in [0.15, 0.2) is 16.7 Å². The molecule has 4 nitrogen and oxygen atoms in total. The van der Waals surface area contributed by atoms with E-state index in [1.807, 2.05) is 0 Å². The molecule has 1 heterocycles. The number of ether oxygens (including phenoxy) is 1. The van der Waals surface area contributed by atoms with Gasteiger partial charge in [-0.2, -0.15) is 0 Å². The van der Waals surface area contributed by atoms with Gasteiger partial charge in [-0.05, 0) is 24.9 Å². The highest BCUT2D eigenvalue weighted by Crippen LogP contribution is 2.14. The first-order valence-electron chi connectivity index (χ1n) is 7.64. The van der Waals surface area contributed by atoms with Gasteiger partial charge in [-0.25, -0.2) is 0 Å². The summed E-state index contributed by atoms with van der Waals surface area (Å²) in [7, 11) is 1.76. The van der Waals surface area contributed by atoms with E-state index in [1.165, 1.54) is 5.56 Å². The number of furan rings is 1. The van der Waals surface area contributed by atoms with Crippen LogP contribution in [0.25, 0.3) is 0 Å². The molecular formula is C16H30N2O2. The predicted octanol–water partition coefficient (Wildman–Crippen LogP) is 2.88. The van der Waals surface area contributed by atoms with Gasteiger partial charge in [-0.3, -0.25) is 4.90 Å². The molecule has 116 valence electrons. The zero-order chi connectivity index (χ0) is 14.8. The number of methoxy groups -OCH3 is 1. The molecule has 20 heavy (non-hydrogen) atoms. The first-order chi connectivity index (χ1) is 9.67. The topological polar surface area (TPSA) is 37.6 Å². The molecule has 0 bridgehead atoms. The minimum Gasteiger partial charge on any atom is -0.468 e. The molecule has 0 saturated carbocycles. The van der Waals surface area contributed by atoms with Gasteiger partial charge in [0.05, 0.1) is 19.4 Å². The summed E-state index contributed by atoms with van der Waals surface area (Å²) >= 11 is 0. The normalized spacial score (nSPS) is 11.7. The lowest BCUT2D eigenvalue weighted by atomic mass is 10.1. The van der Waals surface area contributed by atoms with Crippen molar-refractivity contribution in [3.63, 3.8) is 0 Å². The van der Waals surface area contributed by atoms with Crippen LogP contribution in [-0.4, -0.2) is 38.3 Å². The fourth-order valence-corrected chi connectivity index (χ4v) is 2.25. The molecule has 1 aromatic rings. The smallest absolute Gasteiger partial charge is 0.122 e. The van der Waals surface area contributed by atoms with Crippen LogP contribution in [0.1, 0.15) is 38.5 Å². The maximum atomic E-state index is 5.60. The van der Waals surface area contributed by atoms with Crippen molar-refractivity contribution >= 4 is 0 Å². The molecule has 0 fully saturated rings. The summed E-state index contributed by atoms with van der Waals surface area (Å²) in [4.78, 5) is 2.43. The van der Waals surface area contributed by atoms with Crippen molar-refractivity contribution in [2.45, 2.75) is 40.3 Å². The molecule has 0 spiro atoms. The fourth-order valence-electron chi connectivity index (χ4n) is 2.25. The van der Waals surface area contributed by atoms with Crippen molar-refractivity contribution in [3.8, 4) is 0 Å². The lowest BCUT2D eigenvalue weighted by Gasteiger charge is -2.23. The third-order valence-electron chi connectivity index (χ3n) is 3.18. The van der Waals surface area contributed by atoms with E-state index in [-0.39, 0.29) is 0 Å². The molecular weight excluding hydrogens is 252 g/mol. The summed E-state index contributed by atoms with van der Waals surface area (Å²) in [6.07, 6.45) is 2.94. The van der Waals surface area contributed by atoms with Crippen molar-refractivity contribution in [1.29, 1.82) is 0 Å². The molecule has 0 atom stereocenters. The average Bonchev–Trinajstić information content (AvgIpc) is 2.83. The van der Waals surface area contributed by atoms with E-state index < -0.39 is 0 Å². The van der Waals surface area contributed by atoms with Crippen LogP contribution in [0.3, 0.4) is 0 Å². The third kappa shape index (κ3) is 6.55. The zero-order valence-electron chi connectivity index (χ0n) is 13.4. The summed E-state index contributed by atoms with van der Waals surface area (Å²) in [5.74, 6) is 1.71. The van der Waals surface area contributed by atoms with Gasteiger partial charge >= 0.3 is 0 Å². The van der Waals surface area contributed by atoms with Gasteiger partial charge in [-0.15, -0.1) is 0 Å². The van der Waals surface area contributed by atoms with E-state index in [4.69, 9.17) is 9.15 Å². The van der Waals surface area contributed by atoms with Crippen LogP contribution in [0.5, 0.6) is 0 Å². The molecule has 0 unspecified atom stereocenters. The van der Waals surface area contributed by atoms with Crippen LogP contribution in [0.4, 0.5) is 0 Å². The van der Waals surface area contributed by atoms with Crippen LogP contribution in [-0.2, 0) is 17.8 Å². The SMILES string of the molecule is CCCNCc1occc1CN(CCOC)CC(C)C. The molecule has 0 aliphatic rings. The second-order valence-corrected chi connectivity index (χ2v) is 5.67. The fraction of sp³-hybridized carbons (Fsp3) is 0.750. The van der Waals surface area contributed by atoms with Crippen molar-refractivity contribution in [3.05, 3.63) is 23.7 Å². The average molecular weight is 282 g/mol. The highest BCUT2D eigenvalue weighted by molar-refractivity contribution is 5.16. The van der Waals surface area contributed by atoms with Crippen molar-refractivity contribution in [2.75, 3.05) is 33.4 Å². The Bertz CT molecular complexity index is 350. The predicted molar refractivity (Wildman–Crippen MR) is 82.7 cm³/mol. The Labute approximate surface area is 123 Å². The van der Waals surface area contributed by atoms with Crippen LogP contribution >= 0.6 is 0 Å². The maximum Gasteiger partial charge on any atom is 0.122 e. The minimum absolute atomic E-state index is 0.653. The van der Waals surface area contributed by atoms with Crippen LogP contribution in [0, 0.1) is 5.92 Å². The molecule has 0 aromatic carbocycles. The van der Waals surface area contributed by atoms with E-state index in [2.05, 4.69) is 37.1 Å². The Morgan fingerprint density at radius 1 is 1.40 bits per heavy atom. The van der Waals surface area contributed by atoms with Gasteiger partial charge in [0.15, 0.2) is 0 Å². The van der Waals surface area contributed by atoms with Gasteiger partial charge in [-0.1, -0.05) is 20.8 Å². The number of rotatable bonds is 11. The van der Waals surface area contributed by atoms with E-state index in [9.17, 15) is 0 Å². The summed E-state index contributed by atoms with van der Waals surface area (Å²) in [5.41, 5.74) is 1.28. The first kappa shape index (κ1) is 17.2. The summed E-state index contributed by atoms with van der Waals surface area (Å²) in [5, 5.41) is 3.40. The first-order valence-corrected chi connectivity index (χ1v) is 7.64. The molecule has 1 N–H and O–H groups in total. The van der Waals surface area contributed by atoms with E-state index in [0.29, 0.717) is 5.92 Å². The van der Waals surface area contributed by atoms with Gasteiger partial charge in [0, 0.05) is 32.3 Å². The number of hydrogen-bond acceptors (Lipinski definition) is 4. The minimum atomic E-state index is 0.653. The summed E-state index contributed by atoms with van der Waals surface area (Å²) in [6.45, 7) is 12.3. The summed E-state index contributed by atoms with van der Waals surface area (Å²) < 4.78 is 10.8. The quantitative estimate of drug-likeness (QED) is 0.633. The lowest BCUT2D eigenvalue weighted by molar-refractivity contribution is 0.135. The van der Waals surface area contributed by atoms with E-state index in [0.717, 1.165) is 51.5 Å². The van der Waals surface area contributed by atoms with Gasteiger partial charge < -0.3 is 14.5 Å². The summed E-state index contributed by atoms with van der Waals surface area (Å²) in [6, 6.07) is 2.09. The monoisotopic (exact) mass is 282 g/mol. The number of nitrogens with zero attached hydrogens (tertiary/aromatic N) is 1. The van der Waals surface area contributed by atoms with Crippen molar-refractivity contribution in [1.82, 2.24) is 10.2 Å². The Balaban J connectivity index is 2.55. The van der Waals surface area contributed by atoms with E-state index >= 15 is 0 Å². The van der Waals surface area contributed by atoms with Crippen LogP contribution < -0.4 is 5.32 Å². The maximum absolute atomic E-state index is 5.60. The van der Waals surface area contributed by atoms with Gasteiger partial charge in [0.2, 0.25) is 0 Å². The van der Waals surface area contributed by atoms with Crippen molar-refractivity contribution in [2.24, 2.45) is 5.92 Å². The van der Waals surface area contributed by atoms with Crippen molar-refractivity contribution < 1.29 is 9.15 Å². The highest BCUT2D eigenvalue weighted by Gasteiger charge is 2.12. The Morgan fingerprint density at radius 3 is 2.85 bits per heavy atom. The number of nitrogens with one attached hydrogen (secondary N) is 1. The largest absolute Gasteiger partial charge is 0.468 e. The Morgan fingerprint density at radius 2 is 2.20 bits per heavy atom. The molecule has 0 aliphatic heterocycles.